The van der Waals surface area contributed by atoms with E-state index in [1.54, 1.807) is 0 Å². The second-order valence-corrected chi connectivity index (χ2v) is 0.786. The lowest BCUT2D eigenvalue weighted by Crippen LogP contribution is -1.66. The fourth-order valence-corrected chi connectivity index (χ4v) is 0.199. The Balaban J connectivity index is 3.08. The molecule has 0 aliphatic carbocycles. The minimum absolute atomic E-state index is 0.0880. The van der Waals surface area contributed by atoms with Crippen molar-refractivity contribution in [2.45, 2.75) is 0 Å². The number of nitrogens with zero attached hydrogens (tertiary/aromatic N) is 2. The minimum atomic E-state index is -0.0995. The van der Waals surface area contributed by atoms with Gasteiger partial charge in [-0.15, -0.1) is 0 Å². The van der Waals surface area contributed by atoms with E-state index in [1.165, 1.54) is 12.3 Å². The average Bonchev–Trinajstić information content (AvgIpc) is 1.64. The van der Waals surface area contributed by atoms with Crippen molar-refractivity contribution in [3.05, 3.63) is 24.7 Å². The Labute approximate surface area is 38.7 Å². The first kappa shape index (κ1) is 1.69. The highest BCUT2D eigenvalue weighted by Gasteiger charge is 1.59. The van der Waals surface area contributed by atoms with Gasteiger partial charge >= 0.3 is 0 Å². The van der Waals surface area contributed by atoms with Crippen molar-refractivity contribution < 1.29 is 2.74 Å². The Morgan fingerprint density at radius 1 is 1.50 bits per heavy atom. The molecule has 2 nitrogen and oxygen atoms in total. The molecule has 0 amide bonds. The molecule has 0 unspecified atom stereocenters. The number of aromatic nitrogens is 2. The van der Waals surface area contributed by atoms with Crippen molar-refractivity contribution in [1.29, 1.82) is 0 Å². The highest BCUT2D eigenvalue weighted by molar-refractivity contribution is 4.74. The fourth-order valence-electron chi connectivity index (χ4n) is 0.199. The van der Waals surface area contributed by atoms with Crippen LogP contribution in [0.4, 0.5) is 0 Å². The molecule has 0 aliphatic rings. The smallest absolute Gasteiger partial charge is 0.115 e. The quantitative estimate of drug-likeness (QED) is 0.455. The largest absolute Gasteiger partial charge is 0.245 e. The molecule has 0 aromatic carbocycles. The van der Waals surface area contributed by atoms with E-state index in [2.05, 4.69) is 9.97 Å². The summed E-state index contributed by atoms with van der Waals surface area (Å²) in [5.41, 5.74) is 0. The summed E-state index contributed by atoms with van der Waals surface area (Å²) in [6.45, 7) is 0. The molecule has 30 valence electrons. The van der Waals surface area contributed by atoms with Crippen molar-refractivity contribution in [2.75, 3.05) is 0 Å². The molecule has 0 aliphatic heterocycles. The van der Waals surface area contributed by atoms with Crippen LogP contribution in [0, 0.1) is 0 Å². The molecule has 1 heterocycles. The highest BCUT2D eigenvalue weighted by atomic mass is 14.8. The SMILES string of the molecule is [2H]c1ccnc([2H])n1. The Hall–Kier alpha value is -0.920. The molecular formula is C4H4N2. The zero-order valence-electron chi connectivity index (χ0n) is 5.05. The zero-order valence-corrected chi connectivity index (χ0v) is 3.05. The van der Waals surface area contributed by atoms with Crippen molar-refractivity contribution in [2.24, 2.45) is 0 Å². The van der Waals surface area contributed by atoms with Crippen LogP contribution in [-0.2, 0) is 0 Å². The van der Waals surface area contributed by atoms with Crippen molar-refractivity contribution in [3.8, 4) is 0 Å². The average molecular weight is 82.1 g/mol. The van der Waals surface area contributed by atoms with Crippen molar-refractivity contribution in [1.82, 2.24) is 9.97 Å². The maximum absolute atomic E-state index is 6.86. The molecule has 0 bridgehead atoms. The minimum Gasteiger partial charge on any atom is -0.245 e. The lowest BCUT2D eigenvalue weighted by molar-refractivity contribution is 1.17. The normalized spacial score (nSPS) is 12.7. The Bertz CT molecular complexity index is 172. The summed E-state index contributed by atoms with van der Waals surface area (Å²) in [4.78, 5) is 6.87. The van der Waals surface area contributed by atoms with Gasteiger partial charge in [-0.1, -0.05) is 0 Å². The van der Waals surface area contributed by atoms with Gasteiger partial charge in [-0.3, -0.25) is 0 Å². The number of hydrogen-bond acceptors (Lipinski definition) is 2. The first-order valence-corrected chi connectivity index (χ1v) is 1.55. The molecule has 0 radical (unpaired) electrons. The highest BCUT2D eigenvalue weighted by Crippen LogP contribution is 1.66. The van der Waals surface area contributed by atoms with Crippen LogP contribution in [-0.4, -0.2) is 9.97 Å². The molecule has 1 rings (SSSR count). The zero-order chi connectivity index (χ0) is 5.98. The van der Waals surface area contributed by atoms with Crippen LogP contribution in [0.1, 0.15) is 2.74 Å². The van der Waals surface area contributed by atoms with E-state index in [4.69, 9.17) is 2.74 Å². The van der Waals surface area contributed by atoms with Crippen LogP contribution >= 0.6 is 0 Å². The third kappa shape index (κ3) is 0.516. The summed E-state index contributed by atoms with van der Waals surface area (Å²) in [7, 11) is 0. The second-order valence-electron chi connectivity index (χ2n) is 0.786. The van der Waals surface area contributed by atoms with Gasteiger partial charge in [0.25, 0.3) is 0 Å². The predicted octanol–water partition coefficient (Wildman–Crippen LogP) is 0.477. The Morgan fingerprint density at radius 2 is 2.50 bits per heavy atom. The lowest BCUT2D eigenvalue weighted by atomic mass is 10.7. The van der Waals surface area contributed by atoms with E-state index >= 15 is 0 Å². The van der Waals surface area contributed by atoms with Gasteiger partial charge in [-0.25, -0.2) is 9.97 Å². The van der Waals surface area contributed by atoms with Crippen LogP contribution in [0.15, 0.2) is 24.7 Å². The molecule has 2 heteroatoms. The Morgan fingerprint density at radius 3 is 3.00 bits per heavy atom. The van der Waals surface area contributed by atoms with Gasteiger partial charge in [0.15, 0.2) is 0 Å². The van der Waals surface area contributed by atoms with Gasteiger partial charge in [0.05, 0.1) is 1.37 Å². The van der Waals surface area contributed by atoms with Crippen LogP contribution in [0.2, 0.25) is 0 Å². The molecule has 0 saturated carbocycles. The standard InChI is InChI=1S/C4H4N2/c1-2-5-4-6-3-1/h1-4H/i2D,4D. The second kappa shape index (κ2) is 1.50. The fraction of sp³-hybridized carbons (Fsp3) is 0. The lowest BCUT2D eigenvalue weighted by Gasteiger charge is -1.70. The summed E-state index contributed by atoms with van der Waals surface area (Å²) < 4.78 is 13.7. The van der Waals surface area contributed by atoms with Gasteiger partial charge in [0, 0.05) is 12.4 Å². The number of hydrogen-bond donors (Lipinski definition) is 0. The van der Waals surface area contributed by atoms with Crippen LogP contribution in [0.5, 0.6) is 0 Å². The monoisotopic (exact) mass is 82.1 g/mol. The maximum Gasteiger partial charge on any atom is 0.115 e. The van der Waals surface area contributed by atoms with Gasteiger partial charge in [0.1, 0.15) is 7.67 Å². The number of rotatable bonds is 0. The maximum atomic E-state index is 6.86. The topological polar surface area (TPSA) is 25.8 Å². The molecule has 6 heavy (non-hydrogen) atoms. The van der Waals surface area contributed by atoms with Gasteiger partial charge in [-0.05, 0) is 6.07 Å². The van der Waals surface area contributed by atoms with Crippen LogP contribution < -0.4 is 0 Å². The molecule has 1 aromatic rings. The Kier molecular flexibility index (Phi) is 0.422. The summed E-state index contributed by atoms with van der Waals surface area (Å²) in [5, 5.41) is 0. The summed E-state index contributed by atoms with van der Waals surface area (Å²) >= 11 is 0. The van der Waals surface area contributed by atoms with E-state index in [1.807, 2.05) is 0 Å². The molecule has 0 atom stereocenters. The molecule has 0 fully saturated rings. The van der Waals surface area contributed by atoms with Crippen molar-refractivity contribution in [3.63, 3.8) is 0 Å². The molecule has 0 N–H and O–H groups in total. The summed E-state index contributed by atoms with van der Waals surface area (Å²) in [6.07, 6.45) is 1.38. The van der Waals surface area contributed by atoms with Gasteiger partial charge in [-0.2, -0.15) is 0 Å². The summed E-state index contributed by atoms with van der Waals surface area (Å²) in [5.74, 6) is 0. The van der Waals surface area contributed by atoms with E-state index < -0.39 is 0 Å². The van der Waals surface area contributed by atoms with Gasteiger partial charge in [0.2, 0.25) is 0 Å². The van der Waals surface area contributed by atoms with E-state index in [0.717, 1.165) is 0 Å². The van der Waals surface area contributed by atoms with E-state index in [0.29, 0.717) is 0 Å². The third-order valence-electron chi connectivity index (χ3n) is 0.396. The van der Waals surface area contributed by atoms with E-state index in [-0.39, 0.29) is 12.5 Å². The van der Waals surface area contributed by atoms with Crippen LogP contribution in [0.3, 0.4) is 0 Å². The van der Waals surface area contributed by atoms with Gasteiger partial charge < -0.3 is 0 Å². The molecule has 0 saturated heterocycles. The summed E-state index contributed by atoms with van der Waals surface area (Å²) in [6, 6.07) is 1.43. The third-order valence-corrected chi connectivity index (χ3v) is 0.396. The first-order chi connectivity index (χ1) is 3.79. The first-order valence-electron chi connectivity index (χ1n) is 2.55. The predicted molar refractivity (Wildman–Crippen MR) is 22.0 cm³/mol. The van der Waals surface area contributed by atoms with Crippen LogP contribution in [0.25, 0.3) is 0 Å². The van der Waals surface area contributed by atoms with Crippen molar-refractivity contribution >= 4 is 0 Å². The molecule has 0 spiro atoms. The molecular weight excluding hydrogens is 76.1 g/mol. The molecule has 1 aromatic heterocycles. The van der Waals surface area contributed by atoms with E-state index in [9.17, 15) is 0 Å².